The molecule has 1 aromatic carbocycles. The molecule has 6 heteroatoms. The molecule has 0 aromatic heterocycles. The van der Waals surface area contributed by atoms with Gasteiger partial charge >= 0.3 is 5.69 Å². The van der Waals surface area contributed by atoms with Gasteiger partial charge in [0.2, 0.25) is 11.6 Å². The third-order valence-electron chi connectivity index (χ3n) is 2.84. The fraction of sp³-hybridized carbons (Fsp3) is 0.500. The Labute approximate surface area is 104 Å². The summed E-state index contributed by atoms with van der Waals surface area (Å²) in [7, 11) is 0. The Morgan fingerprint density at radius 2 is 1.94 bits per heavy atom. The van der Waals surface area contributed by atoms with Crippen molar-refractivity contribution >= 4 is 5.69 Å². The van der Waals surface area contributed by atoms with Gasteiger partial charge in [-0.1, -0.05) is 26.7 Å². The first kappa shape index (κ1) is 14.3. The first-order chi connectivity index (χ1) is 8.51. The van der Waals surface area contributed by atoms with Crippen LogP contribution in [0.2, 0.25) is 0 Å². The molecular weight excluding hydrogens is 244 g/mol. The molecule has 0 atom stereocenters. The molecule has 0 fully saturated rings. The summed E-state index contributed by atoms with van der Waals surface area (Å²) in [4.78, 5) is 9.92. The highest BCUT2D eigenvalue weighted by Gasteiger charge is 2.23. The summed E-state index contributed by atoms with van der Waals surface area (Å²) in [5.74, 6) is -2.92. The quantitative estimate of drug-likeness (QED) is 0.578. The maximum Gasteiger partial charge on any atom is 0.314 e. The predicted octanol–water partition coefficient (Wildman–Crippen LogP) is 3.69. The largest absolute Gasteiger partial charge is 0.484 e. The second kappa shape index (κ2) is 6.28. The summed E-state index contributed by atoms with van der Waals surface area (Å²) in [5.41, 5.74) is -0.556. The average Bonchev–Trinajstić information content (AvgIpc) is 2.35. The molecule has 0 N–H and O–H groups in total. The zero-order valence-electron chi connectivity index (χ0n) is 10.3. The molecule has 0 radical (unpaired) electrons. The van der Waals surface area contributed by atoms with Crippen LogP contribution in [0.25, 0.3) is 0 Å². The molecule has 4 nitrogen and oxygen atoms in total. The van der Waals surface area contributed by atoms with Crippen LogP contribution in [-0.4, -0.2) is 11.5 Å². The van der Waals surface area contributed by atoms with E-state index in [1.54, 1.807) is 0 Å². The van der Waals surface area contributed by atoms with E-state index in [9.17, 15) is 18.9 Å². The normalized spacial score (nSPS) is 10.7. The Morgan fingerprint density at radius 3 is 2.44 bits per heavy atom. The molecule has 0 saturated carbocycles. The Morgan fingerprint density at radius 1 is 1.33 bits per heavy atom. The molecule has 0 saturated heterocycles. The van der Waals surface area contributed by atoms with E-state index in [0.717, 1.165) is 25.0 Å². The Bertz CT molecular complexity index is 434. The van der Waals surface area contributed by atoms with Gasteiger partial charge in [-0.3, -0.25) is 10.1 Å². The summed E-state index contributed by atoms with van der Waals surface area (Å²) in [5, 5.41) is 10.7. The van der Waals surface area contributed by atoms with Gasteiger partial charge in [0.25, 0.3) is 0 Å². The van der Waals surface area contributed by atoms with Crippen molar-refractivity contribution in [1.29, 1.82) is 0 Å². The highest BCUT2D eigenvalue weighted by molar-refractivity contribution is 5.47. The van der Waals surface area contributed by atoms with Gasteiger partial charge in [-0.25, -0.2) is 4.39 Å². The summed E-state index contributed by atoms with van der Waals surface area (Å²) < 4.78 is 31.6. The van der Waals surface area contributed by atoms with Crippen LogP contribution in [0.1, 0.15) is 26.7 Å². The first-order valence-corrected chi connectivity index (χ1v) is 5.76. The van der Waals surface area contributed by atoms with Crippen LogP contribution in [0, 0.1) is 27.7 Å². The van der Waals surface area contributed by atoms with Gasteiger partial charge < -0.3 is 4.74 Å². The lowest BCUT2D eigenvalue weighted by Crippen LogP contribution is -2.12. The van der Waals surface area contributed by atoms with Crippen molar-refractivity contribution in [1.82, 2.24) is 0 Å². The van der Waals surface area contributed by atoms with Crippen LogP contribution in [0.3, 0.4) is 0 Å². The third kappa shape index (κ3) is 3.15. The Balaban J connectivity index is 2.98. The van der Waals surface area contributed by atoms with Crippen LogP contribution < -0.4 is 4.74 Å². The molecule has 0 aliphatic carbocycles. The monoisotopic (exact) mass is 259 g/mol. The summed E-state index contributed by atoms with van der Waals surface area (Å²) in [6.45, 7) is 4.01. The van der Waals surface area contributed by atoms with Crippen molar-refractivity contribution in [2.75, 3.05) is 6.61 Å². The molecule has 0 amide bonds. The maximum absolute atomic E-state index is 13.5. The molecule has 100 valence electrons. The van der Waals surface area contributed by atoms with Crippen LogP contribution in [0.5, 0.6) is 5.75 Å². The SMILES string of the molecule is CCC(CC)COc1c([N+](=O)[O-])ccc(F)c1F. The van der Waals surface area contributed by atoms with Crippen LogP contribution >= 0.6 is 0 Å². The van der Waals surface area contributed by atoms with Crippen molar-refractivity contribution in [2.45, 2.75) is 26.7 Å². The summed E-state index contributed by atoms with van der Waals surface area (Å²) in [6, 6.07) is 1.62. The molecule has 0 aliphatic rings. The van der Waals surface area contributed by atoms with Crippen LogP contribution in [0.15, 0.2) is 12.1 Å². The van der Waals surface area contributed by atoms with E-state index in [-0.39, 0.29) is 12.5 Å². The zero-order valence-corrected chi connectivity index (χ0v) is 10.3. The van der Waals surface area contributed by atoms with Gasteiger partial charge in [0.05, 0.1) is 11.5 Å². The lowest BCUT2D eigenvalue weighted by atomic mass is 10.1. The minimum Gasteiger partial charge on any atom is -0.484 e. The molecule has 18 heavy (non-hydrogen) atoms. The number of nitrogens with zero attached hydrogens (tertiary/aromatic N) is 1. The van der Waals surface area contributed by atoms with E-state index >= 15 is 0 Å². The molecule has 0 unspecified atom stereocenters. The number of nitro groups is 1. The maximum atomic E-state index is 13.5. The van der Waals surface area contributed by atoms with Crippen molar-refractivity contribution in [3.63, 3.8) is 0 Å². The molecule has 0 aliphatic heterocycles. The van der Waals surface area contributed by atoms with E-state index in [2.05, 4.69) is 0 Å². The minimum absolute atomic E-state index is 0.133. The standard InChI is InChI=1S/C12H15F2NO3/c1-3-8(4-2)7-18-12-10(15(16)17)6-5-9(13)11(12)14/h5-6,8H,3-4,7H2,1-2H3. The Kier molecular flexibility index (Phi) is 5.00. The second-order valence-corrected chi connectivity index (χ2v) is 3.96. The van der Waals surface area contributed by atoms with Gasteiger partial charge in [0, 0.05) is 6.07 Å². The van der Waals surface area contributed by atoms with Crippen LogP contribution in [0.4, 0.5) is 14.5 Å². The molecule has 1 aromatic rings. The highest BCUT2D eigenvalue weighted by Crippen LogP contribution is 2.32. The van der Waals surface area contributed by atoms with Gasteiger partial charge in [-0.05, 0) is 12.0 Å². The average molecular weight is 259 g/mol. The Hall–Kier alpha value is -1.72. The highest BCUT2D eigenvalue weighted by atomic mass is 19.2. The zero-order chi connectivity index (χ0) is 13.7. The fourth-order valence-electron chi connectivity index (χ4n) is 1.53. The smallest absolute Gasteiger partial charge is 0.314 e. The van der Waals surface area contributed by atoms with E-state index < -0.39 is 28.0 Å². The number of hydrogen-bond acceptors (Lipinski definition) is 3. The van der Waals surface area contributed by atoms with E-state index in [1.807, 2.05) is 13.8 Å². The first-order valence-electron chi connectivity index (χ1n) is 5.76. The van der Waals surface area contributed by atoms with Crippen molar-refractivity contribution in [2.24, 2.45) is 5.92 Å². The minimum atomic E-state index is -1.31. The number of nitro benzene ring substituents is 1. The molecule has 1 rings (SSSR count). The van der Waals surface area contributed by atoms with E-state index in [1.165, 1.54) is 0 Å². The molecule has 0 bridgehead atoms. The van der Waals surface area contributed by atoms with Gasteiger partial charge in [-0.2, -0.15) is 4.39 Å². The lowest BCUT2D eigenvalue weighted by molar-refractivity contribution is -0.386. The van der Waals surface area contributed by atoms with Gasteiger partial charge in [-0.15, -0.1) is 0 Å². The number of halogens is 2. The fourth-order valence-corrected chi connectivity index (χ4v) is 1.53. The van der Waals surface area contributed by atoms with E-state index in [0.29, 0.717) is 0 Å². The number of rotatable bonds is 6. The summed E-state index contributed by atoms with van der Waals surface area (Å²) in [6.07, 6.45) is 1.61. The second-order valence-electron chi connectivity index (χ2n) is 3.96. The van der Waals surface area contributed by atoms with Crippen molar-refractivity contribution < 1.29 is 18.4 Å². The molecular formula is C12H15F2NO3. The molecule has 0 spiro atoms. The predicted molar refractivity (Wildman–Crippen MR) is 62.6 cm³/mol. The van der Waals surface area contributed by atoms with Crippen molar-refractivity contribution in [3.05, 3.63) is 33.9 Å². The summed E-state index contributed by atoms with van der Waals surface area (Å²) >= 11 is 0. The number of benzene rings is 1. The van der Waals surface area contributed by atoms with Crippen molar-refractivity contribution in [3.8, 4) is 5.75 Å². The topological polar surface area (TPSA) is 52.4 Å². The van der Waals surface area contributed by atoms with Gasteiger partial charge in [0.15, 0.2) is 5.82 Å². The molecule has 0 heterocycles. The lowest BCUT2D eigenvalue weighted by Gasteiger charge is -2.14. The third-order valence-corrected chi connectivity index (χ3v) is 2.84. The number of ether oxygens (including phenoxy) is 1. The van der Waals surface area contributed by atoms with E-state index in [4.69, 9.17) is 4.74 Å². The number of hydrogen-bond donors (Lipinski definition) is 0. The van der Waals surface area contributed by atoms with Gasteiger partial charge in [0.1, 0.15) is 0 Å². The van der Waals surface area contributed by atoms with Crippen LogP contribution in [-0.2, 0) is 0 Å².